The smallest absolute Gasteiger partial charge is 0.200 e. The van der Waals surface area contributed by atoms with Crippen molar-refractivity contribution in [3.63, 3.8) is 0 Å². The van der Waals surface area contributed by atoms with Crippen LogP contribution in [0.3, 0.4) is 0 Å². The van der Waals surface area contributed by atoms with E-state index in [9.17, 15) is 27.1 Å². The van der Waals surface area contributed by atoms with Crippen molar-refractivity contribution in [3.8, 4) is 5.75 Å². The molecule has 0 fully saturated rings. The topological polar surface area (TPSA) is 44.6 Å². The molecule has 0 aliphatic rings. The van der Waals surface area contributed by atoms with Gasteiger partial charge in [0.25, 0.3) is 0 Å². The van der Waals surface area contributed by atoms with Gasteiger partial charge in [0.2, 0.25) is 5.82 Å². The average molecular weight is 554 g/mol. The molecule has 0 saturated carbocycles. The Balaban J connectivity index is 2.36. The van der Waals surface area contributed by atoms with Crippen molar-refractivity contribution in [2.45, 2.75) is 0 Å². The minimum atomic E-state index is -2.25. The summed E-state index contributed by atoms with van der Waals surface area (Å²) in [6.45, 7) is 0. The van der Waals surface area contributed by atoms with Crippen molar-refractivity contribution in [1.29, 1.82) is 0 Å². The van der Waals surface area contributed by atoms with E-state index in [4.69, 9.17) is 0 Å². The molecule has 0 bridgehead atoms. The summed E-state index contributed by atoms with van der Waals surface area (Å²) in [5, 5.41) is 13.2. The van der Waals surface area contributed by atoms with Crippen molar-refractivity contribution in [2.75, 3.05) is 5.43 Å². The zero-order valence-electron chi connectivity index (χ0n) is 10.8. The average Bonchev–Trinajstić information content (AvgIpc) is 2.51. The lowest BCUT2D eigenvalue weighted by atomic mass is 10.2. The van der Waals surface area contributed by atoms with Gasteiger partial charge in [-0.3, -0.25) is 5.43 Å². The predicted octanol–water partition coefficient (Wildman–Crippen LogP) is 4.74. The van der Waals surface area contributed by atoms with Crippen LogP contribution >= 0.6 is 45.2 Å². The van der Waals surface area contributed by atoms with Gasteiger partial charge in [0, 0.05) is 9.13 Å². The number of halogens is 7. The number of nitrogens with zero attached hydrogens (tertiary/aromatic N) is 1. The highest BCUT2D eigenvalue weighted by Crippen LogP contribution is 2.28. The van der Waals surface area contributed by atoms with E-state index < -0.39 is 34.8 Å². The molecule has 2 rings (SSSR count). The molecule has 0 heterocycles. The van der Waals surface area contributed by atoms with Crippen LogP contribution in [0.4, 0.5) is 27.6 Å². The molecule has 0 aliphatic carbocycles. The molecule has 0 atom stereocenters. The fraction of sp³-hybridized carbons (Fsp3) is 0. The SMILES string of the molecule is Oc1c(I)cc(I)cc1/C=N\Nc1c(F)c(F)c(F)c(F)c1F. The molecule has 0 radical (unpaired) electrons. The second kappa shape index (κ2) is 7.15. The number of rotatable bonds is 3. The highest BCUT2D eigenvalue weighted by Gasteiger charge is 2.25. The quantitative estimate of drug-likeness (QED) is 0.144. The van der Waals surface area contributed by atoms with Gasteiger partial charge in [-0.25, -0.2) is 22.0 Å². The van der Waals surface area contributed by atoms with Crippen molar-refractivity contribution in [1.82, 2.24) is 0 Å². The summed E-state index contributed by atoms with van der Waals surface area (Å²) in [5.41, 5.74) is 0.688. The Bertz CT molecular complexity index is 785. The Morgan fingerprint density at radius 2 is 1.43 bits per heavy atom. The summed E-state index contributed by atoms with van der Waals surface area (Å²) in [6.07, 6.45) is 0.998. The molecule has 0 spiro atoms. The first-order valence-electron chi connectivity index (χ1n) is 5.72. The van der Waals surface area contributed by atoms with E-state index in [1.165, 1.54) is 6.07 Å². The van der Waals surface area contributed by atoms with Crippen LogP contribution in [0.2, 0.25) is 0 Å². The minimum absolute atomic E-state index is 0.131. The van der Waals surface area contributed by atoms with Crippen molar-refractivity contribution < 1.29 is 27.1 Å². The van der Waals surface area contributed by atoms with E-state index >= 15 is 0 Å². The number of nitrogens with one attached hydrogen (secondary N) is 1. The molecular weight excluding hydrogens is 549 g/mol. The summed E-state index contributed by atoms with van der Waals surface area (Å²) >= 11 is 3.84. The van der Waals surface area contributed by atoms with Crippen LogP contribution in [0.25, 0.3) is 0 Å². The third-order valence-corrected chi connectivity index (χ3v) is 4.09. The number of hydrogen-bond donors (Lipinski definition) is 2. The minimum Gasteiger partial charge on any atom is -0.506 e. The van der Waals surface area contributed by atoms with E-state index in [0.29, 0.717) is 3.57 Å². The first kappa shape index (κ1) is 18.2. The Hall–Kier alpha value is -1.18. The van der Waals surface area contributed by atoms with Crippen LogP contribution in [0.1, 0.15) is 5.56 Å². The number of phenols is 1. The monoisotopic (exact) mass is 554 g/mol. The summed E-state index contributed by atoms with van der Waals surface area (Å²) in [5.74, 6) is -10.6. The van der Waals surface area contributed by atoms with Crippen LogP contribution in [0, 0.1) is 36.2 Å². The Labute approximate surface area is 153 Å². The molecule has 2 N–H and O–H groups in total. The first-order valence-corrected chi connectivity index (χ1v) is 7.88. The van der Waals surface area contributed by atoms with Gasteiger partial charge in [0.05, 0.1) is 9.78 Å². The van der Waals surface area contributed by atoms with E-state index in [1.807, 2.05) is 45.2 Å². The molecule has 3 nitrogen and oxygen atoms in total. The van der Waals surface area contributed by atoms with Crippen molar-refractivity contribution in [3.05, 3.63) is 53.9 Å². The van der Waals surface area contributed by atoms with E-state index in [0.717, 1.165) is 9.78 Å². The van der Waals surface area contributed by atoms with E-state index in [-0.39, 0.29) is 11.3 Å². The number of aromatic hydroxyl groups is 1. The van der Waals surface area contributed by atoms with E-state index in [1.54, 1.807) is 11.5 Å². The second-order valence-electron chi connectivity index (χ2n) is 4.14. The van der Waals surface area contributed by atoms with Gasteiger partial charge in [0.15, 0.2) is 23.3 Å². The molecule has 0 saturated heterocycles. The largest absolute Gasteiger partial charge is 0.506 e. The van der Waals surface area contributed by atoms with Gasteiger partial charge in [0.1, 0.15) is 11.4 Å². The van der Waals surface area contributed by atoms with Gasteiger partial charge in [-0.05, 0) is 57.3 Å². The maximum atomic E-state index is 13.4. The van der Waals surface area contributed by atoms with Gasteiger partial charge in [-0.2, -0.15) is 5.10 Å². The molecule has 0 unspecified atom stereocenters. The van der Waals surface area contributed by atoms with Crippen molar-refractivity contribution >= 4 is 57.1 Å². The van der Waals surface area contributed by atoms with Crippen molar-refractivity contribution in [2.24, 2.45) is 5.10 Å². The predicted molar refractivity (Wildman–Crippen MR) is 91.0 cm³/mol. The lowest BCUT2D eigenvalue weighted by molar-refractivity contribution is 0.381. The Morgan fingerprint density at radius 3 is 2.00 bits per heavy atom. The fourth-order valence-corrected chi connectivity index (χ4v) is 3.44. The van der Waals surface area contributed by atoms with Gasteiger partial charge in [-0.1, -0.05) is 0 Å². The molecule has 0 aliphatic heterocycles. The molecule has 122 valence electrons. The number of hydrogen-bond acceptors (Lipinski definition) is 3. The molecule has 2 aromatic rings. The standard InChI is InChI=1S/C13H5F5I2N2O/c14-7-8(15)10(17)12(11(18)9(7)16)22-21-3-4-1-5(19)2-6(20)13(4)23/h1-3,22-23H/b21-3-. The Morgan fingerprint density at radius 1 is 0.913 bits per heavy atom. The van der Waals surface area contributed by atoms with Gasteiger partial charge < -0.3 is 5.11 Å². The molecular formula is C13H5F5I2N2O. The molecule has 0 amide bonds. The zero-order chi connectivity index (χ0) is 17.3. The van der Waals surface area contributed by atoms with Crippen LogP contribution in [0.5, 0.6) is 5.75 Å². The lowest BCUT2D eigenvalue weighted by Crippen LogP contribution is -2.06. The number of anilines is 1. The third-order valence-electron chi connectivity index (χ3n) is 2.65. The van der Waals surface area contributed by atoms with E-state index in [2.05, 4.69) is 5.10 Å². The number of benzene rings is 2. The lowest BCUT2D eigenvalue weighted by Gasteiger charge is -2.07. The van der Waals surface area contributed by atoms with Crippen LogP contribution in [-0.2, 0) is 0 Å². The maximum Gasteiger partial charge on any atom is 0.200 e. The zero-order valence-corrected chi connectivity index (χ0v) is 15.1. The number of phenolic OH excluding ortho intramolecular Hbond substituents is 1. The molecule has 10 heteroatoms. The summed E-state index contributed by atoms with van der Waals surface area (Å²) in [7, 11) is 0. The second-order valence-corrected chi connectivity index (χ2v) is 6.55. The summed E-state index contributed by atoms with van der Waals surface area (Å²) in [6, 6.07) is 3.19. The Kier molecular flexibility index (Phi) is 5.65. The van der Waals surface area contributed by atoms with Crippen LogP contribution in [0.15, 0.2) is 17.2 Å². The molecule has 23 heavy (non-hydrogen) atoms. The normalized spacial score (nSPS) is 11.3. The van der Waals surface area contributed by atoms with Gasteiger partial charge >= 0.3 is 0 Å². The highest BCUT2D eigenvalue weighted by molar-refractivity contribution is 14.1. The van der Waals surface area contributed by atoms with Crippen LogP contribution in [-0.4, -0.2) is 11.3 Å². The highest BCUT2D eigenvalue weighted by atomic mass is 127. The van der Waals surface area contributed by atoms with Crippen LogP contribution < -0.4 is 5.43 Å². The molecule has 0 aromatic heterocycles. The third kappa shape index (κ3) is 3.67. The summed E-state index contributed by atoms with van der Waals surface area (Å²) < 4.78 is 67.1. The van der Waals surface area contributed by atoms with Gasteiger partial charge in [-0.15, -0.1) is 0 Å². The molecule has 2 aromatic carbocycles. The maximum absolute atomic E-state index is 13.4. The number of hydrazone groups is 1. The first-order chi connectivity index (χ1) is 10.7. The fourth-order valence-electron chi connectivity index (χ4n) is 1.55. The summed E-state index contributed by atoms with van der Waals surface area (Å²) in [4.78, 5) is 0.